The van der Waals surface area contributed by atoms with Crippen LogP contribution in [0, 0.1) is 5.41 Å². The van der Waals surface area contributed by atoms with Gasteiger partial charge in [0.05, 0.1) is 5.56 Å². The lowest BCUT2D eigenvalue weighted by Crippen LogP contribution is -2.30. The monoisotopic (exact) mass is 234 g/mol. The highest BCUT2D eigenvalue weighted by Crippen LogP contribution is 2.31. The molecule has 0 radical (unpaired) electrons. The van der Waals surface area contributed by atoms with Crippen molar-refractivity contribution in [2.24, 2.45) is 5.41 Å². The number of likely N-dealkylation sites (tertiary alicyclic amines) is 1. The molecule has 0 atom stereocenters. The van der Waals surface area contributed by atoms with E-state index >= 15 is 0 Å². The molecule has 1 aliphatic rings. The Morgan fingerprint density at radius 1 is 1.47 bits per heavy atom. The van der Waals surface area contributed by atoms with Crippen LogP contribution in [0.3, 0.4) is 0 Å². The molecule has 2 rings (SSSR count). The van der Waals surface area contributed by atoms with E-state index in [1.54, 1.807) is 11.0 Å². The lowest BCUT2D eigenvalue weighted by Gasteiger charge is -2.20. The highest BCUT2D eigenvalue weighted by molar-refractivity contribution is 5.99. The van der Waals surface area contributed by atoms with Gasteiger partial charge in [0.25, 0.3) is 5.91 Å². The minimum Gasteiger partial charge on any atom is -0.508 e. The molecule has 1 fully saturated rings. The maximum atomic E-state index is 12.2. The molecule has 1 aromatic rings. The second-order valence-electron chi connectivity index (χ2n) is 5.41. The van der Waals surface area contributed by atoms with Gasteiger partial charge in [-0.15, -0.1) is 0 Å². The number of nitrogen functional groups attached to an aromatic ring is 1. The predicted molar refractivity (Wildman–Crippen MR) is 66.8 cm³/mol. The number of amides is 1. The van der Waals surface area contributed by atoms with E-state index < -0.39 is 0 Å². The summed E-state index contributed by atoms with van der Waals surface area (Å²) in [5, 5.41) is 9.41. The third-order valence-corrected chi connectivity index (χ3v) is 3.23. The largest absolute Gasteiger partial charge is 0.508 e. The third-order valence-electron chi connectivity index (χ3n) is 3.23. The number of carbonyl (C=O) groups excluding carboxylic acids is 1. The number of hydrogen-bond acceptors (Lipinski definition) is 3. The maximum absolute atomic E-state index is 12.2. The Morgan fingerprint density at radius 2 is 2.18 bits per heavy atom. The average molecular weight is 234 g/mol. The van der Waals surface area contributed by atoms with Crippen LogP contribution in [0.15, 0.2) is 18.2 Å². The number of benzene rings is 1. The molecule has 1 saturated heterocycles. The molecular formula is C13H18N2O2. The van der Waals surface area contributed by atoms with E-state index in [0.717, 1.165) is 19.5 Å². The number of phenols is 1. The maximum Gasteiger partial charge on any atom is 0.256 e. The fourth-order valence-corrected chi connectivity index (χ4v) is 2.19. The van der Waals surface area contributed by atoms with Crippen LogP contribution in [-0.2, 0) is 0 Å². The first kappa shape index (κ1) is 11.8. The zero-order valence-corrected chi connectivity index (χ0v) is 10.2. The number of phenolic OH excluding ortho intramolecular Hbond substituents is 1. The van der Waals surface area contributed by atoms with Gasteiger partial charge in [-0.3, -0.25) is 4.79 Å². The fraction of sp³-hybridized carbons (Fsp3) is 0.462. The van der Waals surface area contributed by atoms with Gasteiger partial charge in [-0.1, -0.05) is 13.8 Å². The number of nitrogens with zero attached hydrogens (tertiary/aromatic N) is 1. The smallest absolute Gasteiger partial charge is 0.256 e. The van der Waals surface area contributed by atoms with E-state index in [4.69, 9.17) is 5.73 Å². The molecule has 1 aliphatic heterocycles. The standard InChI is InChI=1S/C13H18N2O2/c1-13(2)5-6-15(8-13)12(17)10-7-9(16)3-4-11(10)14/h3-4,7,16H,5-6,8,14H2,1-2H3. The van der Waals surface area contributed by atoms with Crippen molar-refractivity contribution >= 4 is 11.6 Å². The van der Waals surface area contributed by atoms with Crippen LogP contribution in [0.1, 0.15) is 30.6 Å². The van der Waals surface area contributed by atoms with Gasteiger partial charge in [0.1, 0.15) is 5.75 Å². The van der Waals surface area contributed by atoms with Crippen molar-refractivity contribution < 1.29 is 9.90 Å². The summed E-state index contributed by atoms with van der Waals surface area (Å²) in [4.78, 5) is 14.0. The Bertz CT molecular complexity index is 455. The first-order valence-corrected chi connectivity index (χ1v) is 5.77. The Kier molecular flexibility index (Phi) is 2.73. The van der Waals surface area contributed by atoms with Crippen molar-refractivity contribution in [3.63, 3.8) is 0 Å². The van der Waals surface area contributed by atoms with Crippen molar-refractivity contribution in [2.45, 2.75) is 20.3 Å². The lowest BCUT2D eigenvalue weighted by atomic mass is 9.93. The number of nitrogens with two attached hydrogens (primary N) is 1. The zero-order valence-electron chi connectivity index (χ0n) is 10.2. The highest BCUT2D eigenvalue weighted by Gasteiger charge is 2.32. The van der Waals surface area contributed by atoms with Gasteiger partial charge >= 0.3 is 0 Å². The van der Waals surface area contributed by atoms with Gasteiger partial charge in [0, 0.05) is 18.8 Å². The summed E-state index contributed by atoms with van der Waals surface area (Å²) in [6.07, 6.45) is 0.997. The molecule has 0 unspecified atom stereocenters. The molecule has 0 aromatic heterocycles. The molecule has 0 bridgehead atoms. The summed E-state index contributed by atoms with van der Waals surface area (Å²) in [7, 11) is 0. The Morgan fingerprint density at radius 3 is 2.76 bits per heavy atom. The Hall–Kier alpha value is -1.71. The molecular weight excluding hydrogens is 216 g/mol. The van der Waals surface area contributed by atoms with E-state index in [-0.39, 0.29) is 17.1 Å². The van der Waals surface area contributed by atoms with Crippen LogP contribution in [0.4, 0.5) is 5.69 Å². The first-order valence-electron chi connectivity index (χ1n) is 5.77. The quantitative estimate of drug-likeness (QED) is 0.575. The van der Waals surface area contributed by atoms with E-state index in [0.29, 0.717) is 11.3 Å². The van der Waals surface area contributed by atoms with E-state index in [1.165, 1.54) is 12.1 Å². The van der Waals surface area contributed by atoms with Crippen molar-refractivity contribution in [3.05, 3.63) is 23.8 Å². The van der Waals surface area contributed by atoms with Crippen LogP contribution >= 0.6 is 0 Å². The normalized spacial score (nSPS) is 18.4. The third kappa shape index (κ3) is 2.35. The molecule has 17 heavy (non-hydrogen) atoms. The van der Waals surface area contributed by atoms with Crippen LogP contribution in [0.2, 0.25) is 0 Å². The van der Waals surface area contributed by atoms with Crippen LogP contribution in [0.25, 0.3) is 0 Å². The molecule has 0 spiro atoms. The minimum atomic E-state index is -0.0935. The zero-order chi connectivity index (χ0) is 12.6. The summed E-state index contributed by atoms with van der Waals surface area (Å²) in [6.45, 7) is 5.78. The summed E-state index contributed by atoms with van der Waals surface area (Å²) in [5.74, 6) is -0.0232. The summed E-state index contributed by atoms with van der Waals surface area (Å²) < 4.78 is 0. The number of anilines is 1. The van der Waals surface area contributed by atoms with Gasteiger partial charge in [-0.2, -0.15) is 0 Å². The number of rotatable bonds is 1. The second-order valence-corrected chi connectivity index (χ2v) is 5.41. The van der Waals surface area contributed by atoms with Crippen LogP contribution in [-0.4, -0.2) is 29.0 Å². The van der Waals surface area contributed by atoms with E-state index in [2.05, 4.69) is 13.8 Å². The van der Waals surface area contributed by atoms with Gasteiger partial charge in [0.15, 0.2) is 0 Å². The van der Waals surface area contributed by atoms with E-state index in [1.807, 2.05) is 0 Å². The molecule has 1 amide bonds. The van der Waals surface area contributed by atoms with Crippen molar-refractivity contribution in [1.29, 1.82) is 0 Å². The minimum absolute atomic E-state index is 0.0704. The molecule has 0 aliphatic carbocycles. The molecule has 4 heteroatoms. The molecule has 4 nitrogen and oxygen atoms in total. The highest BCUT2D eigenvalue weighted by atomic mass is 16.3. The van der Waals surface area contributed by atoms with Crippen molar-refractivity contribution in [1.82, 2.24) is 4.90 Å². The van der Waals surface area contributed by atoms with Crippen LogP contribution in [0.5, 0.6) is 5.75 Å². The lowest BCUT2D eigenvalue weighted by molar-refractivity contribution is 0.0779. The predicted octanol–water partition coefficient (Wildman–Crippen LogP) is 1.85. The Labute approximate surface area is 101 Å². The van der Waals surface area contributed by atoms with Crippen molar-refractivity contribution in [3.8, 4) is 5.75 Å². The van der Waals surface area contributed by atoms with Crippen molar-refractivity contribution in [2.75, 3.05) is 18.8 Å². The average Bonchev–Trinajstić information content (AvgIpc) is 2.61. The molecule has 1 aromatic carbocycles. The molecule has 0 saturated carbocycles. The topological polar surface area (TPSA) is 66.6 Å². The Balaban J connectivity index is 2.23. The second kappa shape index (κ2) is 3.95. The molecule has 1 heterocycles. The van der Waals surface area contributed by atoms with Gasteiger partial charge in [0.2, 0.25) is 0 Å². The SMILES string of the molecule is CC1(C)CCN(C(=O)c2cc(O)ccc2N)C1. The fourth-order valence-electron chi connectivity index (χ4n) is 2.19. The summed E-state index contributed by atoms with van der Waals surface area (Å²) in [6, 6.07) is 4.48. The first-order chi connectivity index (χ1) is 7.89. The summed E-state index contributed by atoms with van der Waals surface area (Å²) in [5.41, 5.74) is 6.74. The number of aromatic hydroxyl groups is 1. The number of carbonyl (C=O) groups is 1. The van der Waals surface area contributed by atoms with Gasteiger partial charge in [-0.25, -0.2) is 0 Å². The van der Waals surface area contributed by atoms with Crippen LogP contribution < -0.4 is 5.73 Å². The van der Waals surface area contributed by atoms with E-state index in [9.17, 15) is 9.90 Å². The number of hydrogen-bond donors (Lipinski definition) is 2. The molecule has 92 valence electrons. The van der Waals surface area contributed by atoms with Gasteiger partial charge in [-0.05, 0) is 30.0 Å². The molecule has 3 N–H and O–H groups in total. The van der Waals surface area contributed by atoms with Gasteiger partial charge < -0.3 is 15.7 Å². The summed E-state index contributed by atoms with van der Waals surface area (Å²) >= 11 is 0.